The van der Waals surface area contributed by atoms with Gasteiger partial charge < -0.3 is 10.0 Å². The molecule has 0 unspecified atom stereocenters. The molecule has 1 amide bonds. The van der Waals surface area contributed by atoms with Crippen LogP contribution in [0.4, 0.5) is 5.69 Å². The lowest BCUT2D eigenvalue weighted by atomic mass is 10.0. The van der Waals surface area contributed by atoms with E-state index in [0.717, 1.165) is 14.7 Å². The summed E-state index contributed by atoms with van der Waals surface area (Å²) in [5.74, 6) is -0.0874. The van der Waals surface area contributed by atoms with Gasteiger partial charge in [-0.1, -0.05) is 35.9 Å². The molecule has 1 aromatic heterocycles. The molecule has 0 spiro atoms. The number of amides is 1. The quantitative estimate of drug-likeness (QED) is 0.377. The van der Waals surface area contributed by atoms with E-state index in [1.807, 2.05) is 25.1 Å². The molecule has 6 nitrogen and oxygen atoms in total. The molecule has 152 valence electrons. The van der Waals surface area contributed by atoms with Gasteiger partial charge in [-0.25, -0.2) is 4.85 Å². The van der Waals surface area contributed by atoms with E-state index in [2.05, 4.69) is 27.4 Å². The van der Waals surface area contributed by atoms with E-state index < -0.39 is 0 Å². The molecule has 3 aromatic rings. The fraction of sp³-hybridized carbons (Fsp3) is 0.227. The van der Waals surface area contributed by atoms with Crippen LogP contribution in [0.1, 0.15) is 34.6 Å². The second kappa shape index (κ2) is 8.38. The summed E-state index contributed by atoms with van der Waals surface area (Å²) in [7, 11) is 0. The van der Waals surface area contributed by atoms with E-state index in [4.69, 9.17) is 23.3 Å². The van der Waals surface area contributed by atoms with Gasteiger partial charge >= 0.3 is 0 Å². The number of benzene rings is 2. The van der Waals surface area contributed by atoms with Gasteiger partial charge in [-0.05, 0) is 58.8 Å². The van der Waals surface area contributed by atoms with Crippen LogP contribution in [-0.4, -0.2) is 32.2 Å². The number of carbonyl (C=O) groups excluding carboxylic acids is 1. The third kappa shape index (κ3) is 3.83. The van der Waals surface area contributed by atoms with E-state index in [9.17, 15) is 9.90 Å². The number of fused-ring (bicyclic) bond motifs is 1. The van der Waals surface area contributed by atoms with Gasteiger partial charge in [0, 0.05) is 27.2 Å². The van der Waals surface area contributed by atoms with Crippen molar-refractivity contribution in [1.29, 1.82) is 0 Å². The summed E-state index contributed by atoms with van der Waals surface area (Å²) in [6.07, 6.45) is 0. The topological polar surface area (TPSA) is 62.7 Å². The van der Waals surface area contributed by atoms with Gasteiger partial charge in [0.25, 0.3) is 5.91 Å². The minimum atomic E-state index is -0.162. The molecule has 4 rings (SSSR count). The summed E-state index contributed by atoms with van der Waals surface area (Å²) in [6.45, 7) is 9.95. The molecule has 0 saturated carbocycles. The summed E-state index contributed by atoms with van der Waals surface area (Å²) in [5, 5.41) is 15.0. The van der Waals surface area contributed by atoms with Crippen molar-refractivity contribution in [2.24, 2.45) is 0 Å². The predicted molar refractivity (Wildman–Crippen MR) is 123 cm³/mol. The van der Waals surface area contributed by atoms with Crippen LogP contribution in [-0.2, 0) is 13.2 Å². The number of aliphatic hydroxyl groups is 1. The van der Waals surface area contributed by atoms with Gasteiger partial charge in [0.15, 0.2) is 5.69 Å². The van der Waals surface area contributed by atoms with Gasteiger partial charge in [0.2, 0.25) is 0 Å². The van der Waals surface area contributed by atoms with Crippen molar-refractivity contribution in [2.45, 2.75) is 26.1 Å². The maximum absolute atomic E-state index is 13.2. The molecule has 1 N–H and O–H groups in total. The van der Waals surface area contributed by atoms with Crippen molar-refractivity contribution < 1.29 is 9.90 Å². The number of hydrogen-bond acceptors (Lipinski definition) is 3. The van der Waals surface area contributed by atoms with Crippen LogP contribution in [0.25, 0.3) is 16.1 Å². The predicted octanol–water partition coefficient (Wildman–Crippen LogP) is 5.07. The molecule has 30 heavy (non-hydrogen) atoms. The van der Waals surface area contributed by atoms with Crippen LogP contribution >= 0.6 is 34.2 Å². The Morgan fingerprint density at radius 2 is 2.03 bits per heavy atom. The average molecular weight is 533 g/mol. The summed E-state index contributed by atoms with van der Waals surface area (Å²) in [6, 6.07) is 12.6. The van der Waals surface area contributed by atoms with Crippen LogP contribution in [0.15, 0.2) is 42.5 Å². The van der Waals surface area contributed by atoms with E-state index in [1.165, 1.54) is 0 Å². The van der Waals surface area contributed by atoms with Gasteiger partial charge in [-0.3, -0.25) is 9.48 Å². The monoisotopic (exact) mass is 532 g/mol. The fourth-order valence-corrected chi connectivity index (χ4v) is 5.11. The number of nitrogens with zero attached hydrogens (tertiary/aromatic N) is 4. The number of carbonyl (C=O) groups is 1. The zero-order valence-corrected chi connectivity index (χ0v) is 19.1. The van der Waals surface area contributed by atoms with Crippen molar-refractivity contribution >= 4 is 45.8 Å². The molecule has 0 aliphatic carbocycles. The van der Waals surface area contributed by atoms with Crippen LogP contribution in [0.2, 0.25) is 5.02 Å². The van der Waals surface area contributed by atoms with Gasteiger partial charge in [0.1, 0.15) is 5.69 Å². The highest BCUT2D eigenvalue weighted by Crippen LogP contribution is 2.34. The number of aromatic nitrogens is 2. The van der Waals surface area contributed by atoms with Crippen LogP contribution < -0.4 is 0 Å². The second-order valence-corrected chi connectivity index (χ2v) is 8.85. The summed E-state index contributed by atoms with van der Waals surface area (Å²) in [5.41, 5.74) is 4.21. The zero-order valence-electron chi connectivity index (χ0n) is 16.1. The van der Waals surface area contributed by atoms with E-state index in [0.29, 0.717) is 40.8 Å². The fourth-order valence-electron chi connectivity index (χ4n) is 3.72. The van der Waals surface area contributed by atoms with E-state index in [-0.39, 0.29) is 18.6 Å². The molecule has 1 aliphatic rings. The largest absolute Gasteiger partial charge is 0.392 e. The first-order chi connectivity index (χ1) is 14.4. The average Bonchev–Trinajstić information content (AvgIpc) is 3.17. The first-order valence-corrected chi connectivity index (χ1v) is 10.8. The number of halogens is 2. The lowest BCUT2D eigenvalue weighted by Gasteiger charge is -2.31. The Hall–Kier alpha value is -2.41. The van der Waals surface area contributed by atoms with Gasteiger partial charge in [0.05, 0.1) is 24.9 Å². The molecule has 2 aromatic carbocycles. The number of hydrogen-bond donors (Lipinski definition) is 1. The third-order valence-corrected chi connectivity index (χ3v) is 6.22. The maximum atomic E-state index is 13.2. The standard InChI is InChI=1S/C22H18ClIN4O2/c1-13-10-27(11-14-3-5-17(25-2)6-4-14)22(30)20-9-19(26-28(13)20)21-15(12-29)7-16(23)8-18(21)24/h3-9,13,29H,10-12H2,1H3/t13-/m0/s1. The Morgan fingerprint density at radius 3 is 2.70 bits per heavy atom. The second-order valence-electron chi connectivity index (χ2n) is 7.25. The Bertz CT molecular complexity index is 1170. The SMILES string of the molecule is [C-]#[N+]c1ccc(CN2C[C@H](C)n3nc(-c4c(I)cc(Cl)cc4CO)cc3C2=O)cc1. The summed E-state index contributed by atoms with van der Waals surface area (Å²) < 4.78 is 2.64. The van der Waals surface area contributed by atoms with Crippen molar-refractivity contribution in [1.82, 2.24) is 14.7 Å². The normalized spacial score (nSPS) is 15.8. The number of rotatable bonds is 4. The van der Waals surface area contributed by atoms with Crippen molar-refractivity contribution in [3.8, 4) is 11.3 Å². The molecule has 2 heterocycles. The highest BCUT2D eigenvalue weighted by Gasteiger charge is 2.31. The minimum Gasteiger partial charge on any atom is -0.392 e. The summed E-state index contributed by atoms with van der Waals surface area (Å²) in [4.78, 5) is 18.4. The molecular formula is C22H18ClIN4O2. The lowest BCUT2D eigenvalue weighted by Crippen LogP contribution is -2.41. The molecule has 1 atom stereocenters. The van der Waals surface area contributed by atoms with Crippen LogP contribution in [0.3, 0.4) is 0 Å². The molecule has 0 saturated heterocycles. The smallest absolute Gasteiger partial charge is 0.272 e. The van der Waals surface area contributed by atoms with Crippen molar-refractivity contribution in [3.05, 3.63) is 79.3 Å². The molecule has 0 fully saturated rings. The number of aliphatic hydroxyl groups excluding tert-OH is 1. The molecule has 8 heteroatoms. The third-order valence-electron chi connectivity index (χ3n) is 5.15. The Morgan fingerprint density at radius 1 is 1.30 bits per heavy atom. The first-order valence-electron chi connectivity index (χ1n) is 9.35. The zero-order chi connectivity index (χ0) is 21.4. The molecule has 0 radical (unpaired) electrons. The lowest BCUT2D eigenvalue weighted by molar-refractivity contribution is 0.0651. The highest BCUT2D eigenvalue weighted by molar-refractivity contribution is 14.1. The first kappa shape index (κ1) is 20.8. The minimum absolute atomic E-state index is 0.0107. The maximum Gasteiger partial charge on any atom is 0.272 e. The Kier molecular flexibility index (Phi) is 5.82. The Balaban J connectivity index is 1.68. The van der Waals surface area contributed by atoms with Gasteiger partial charge in [-0.2, -0.15) is 5.10 Å². The Labute approximate surface area is 193 Å². The summed E-state index contributed by atoms with van der Waals surface area (Å²) >= 11 is 8.31. The molecular weight excluding hydrogens is 515 g/mol. The van der Waals surface area contributed by atoms with Gasteiger partial charge in [-0.15, -0.1) is 0 Å². The van der Waals surface area contributed by atoms with E-state index in [1.54, 1.807) is 33.8 Å². The van der Waals surface area contributed by atoms with E-state index >= 15 is 0 Å². The highest BCUT2D eigenvalue weighted by atomic mass is 127. The van der Waals surface area contributed by atoms with Crippen LogP contribution in [0, 0.1) is 10.1 Å². The van der Waals surface area contributed by atoms with Crippen molar-refractivity contribution in [3.63, 3.8) is 0 Å². The molecule has 0 bridgehead atoms. The van der Waals surface area contributed by atoms with Crippen molar-refractivity contribution in [2.75, 3.05) is 6.54 Å². The van der Waals surface area contributed by atoms with Crippen LogP contribution in [0.5, 0.6) is 0 Å². The molecule has 1 aliphatic heterocycles.